The first kappa shape index (κ1) is 40.2. The second kappa shape index (κ2) is 16.0. The van der Waals surface area contributed by atoms with Crippen molar-refractivity contribution in [1.29, 1.82) is 0 Å². The van der Waals surface area contributed by atoms with Gasteiger partial charge in [-0.3, -0.25) is 9.59 Å². The summed E-state index contributed by atoms with van der Waals surface area (Å²) in [7, 11) is 2.61. The van der Waals surface area contributed by atoms with Crippen LogP contribution in [0.5, 0.6) is 0 Å². The predicted molar refractivity (Wildman–Crippen MR) is 230 cm³/mol. The highest BCUT2D eigenvalue weighted by Crippen LogP contribution is 2.58. The second-order valence-electron chi connectivity index (χ2n) is 17.8. The van der Waals surface area contributed by atoms with Gasteiger partial charge < -0.3 is 39.9 Å². The number of alkyl carbamates (subject to hydrolysis) is 2. The second-order valence-corrected chi connectivity index (χ2v) is 17.8. The van der Waals surface area contributed by atoms with E-state index in [0.29, 0.717) is 18.9 Å². The third kappa shape index (κ3) is 7.61. The summed E-state index contributed by atoms with van der Waals surface area (Å²) in [5, 5.41) is 7.68. The van der Waals surface area contributed by atoms with E-state index in [1.54, 1.807) is 0 Å². The van der Waals surface area contributed by atoms with Gasteiger partial charge in [-0.2, -0.15) is 0 Å². The molecule has 318 valence electrons. The van der Waals surface area contributed by atoms with Gasteiger partial charge in [-0.15, -0.1) is 0 Å². The Labute approximate surface area is 355 Å². The fourth-order valence-corrected chi connectivity index (χ4v) is 10.0. The summed E-state index contributed by atoms with van der Waals surface area (Å²) in [4.78, 5) is 72.3. The Morgan fingerprint density at radius 2 is 1.39 bits per heavy atom. The number of aromatic nitrogens is 4. The van der Waals surface area contributed by atoms with Gasteiger partial charge in [0.15, 0.2) is 0 Å². The van der Waals surface area contributed by atoms with Gasteiger partial charge in [0.25, 0.3) is 0 Å². The Morgan fingerprint density at radius 3 is 2.07 bits per heavy atom. The number of rotatable bonds is 11. The molecule has 2 saturated carbocycles. The van der Waals surface area contributed by atoms with E-state index >= 15 is 0 Å². The molecule has 4 fully saturated rings. The largest absolute Gasteiger partial charge is 0.453 e. The number of carbonyl (C=O) groups is 4. The maximum Gasteiger partial charge on any atom is 0.407 e. The van der Waals surface area contributed by atoms with Crippen LogP contribution in [0.3, 0.4) is 0 Å². The van der Waals surface area contributed by atoms with Crippen molar-refractivity contribution in [2.24, 2.45) is 17.3 Å². The summed E-state index contributed by atoms with van der Waals surface area (Å²) in [6.45, 7) is 6.40. The van der Waals surface area contributed by atoms with Gasteiger partial charge in [0.05, 0.1) is 50.1 Å². The van der Waals surface area contributed by atoms with Gasteiger partial charge in [0, 0.05) is 18.2 Å². The highest BCUT2D eigenvalue weighted by atomic mass is 16.5. The lowest BCUT2D eigenvalue weighted by atomic mass is 9.97. The molecular weight excluding hydrogens is 773 g/mol. The molecule has 6 atom stereocenters. The number of carbonyl (C=O) groups excluding carboxylic acids is 4. The lowest BCUT2D eigenvalue weighted by Crippen LogP contribution is -2.51. The molecule has 5 aromatic rings. The van der Waals surface area contributed by atoms with Crippen LogP contribution < -0.4 is 10.6 Å². The van der Waals surface area contributed by atoms with Crippen LogP contribution in [0.4, 0.5) is 9.59 Å². The Bertz CT molecular complexity index is 2470. The summed E-state index contributed by atoms with van der Waals surface area (Å²) >= 11 is 0. The number of piperidine rings is 1. The molecule has 0 radical (unpaired) electrons. The van der Waals surface area contributed by atoms with E-state index in [4.69, 9.17) is 19.4 Å². The number of methoxy groups -OCH3 is 2. The zero-order valence-electron chi connectivity index (χ0n) is 35.4. The predicted octanol–water partition coefficient (Wildman–Crippen LogP) is 7.91. The highest BCUT2D eigenvalue weighted by Gasteiger charge is 2.55. The quantitative estimate of drug-likeness (QED) is 0.104. The number of fused-ring (bicyclic) bond motifs is 3. The van der Waals surface area contributed by atoms with Crippen LogP contribution in [-0.4, -0.2) is 92.6 Å². The number of nitrogens with one attached hydrogen (secondary N) is 4. The molecular formula is C47H54N8O6. The van der Waals surface area contributed by atoms with E-state index < -0.39 is 24.3 Å². The normalized spacial score (nSPS) is 22.1. The molecule has 3 aromatic carbocycles. The van der Waals surface area contributed by atoms with Crippen LogP contribution in [0.15, 0.2) is 73.1 Å². The fourth-order valence-electron chi connectivity index (χ4n) is 10.0. The monoisotopic (exact) mass is 826 g/mol. The summed E-state index contributed by atoms with van der Waals surface area (Å²) in [5.41, 5.74) is 6.09. The van der Waals surface area contributed by atoms with Crippen molar-refractivity contribution in [3.8, 4) is 33.6 Å². The van der Waals surface area contributed by atoms with Crippen LogP contribution in [0.25, 0.3) is 44.4 Å². The van der Waals surface area contributed by atoms with E-state index in [2.05, 4.69) is 81.3 Å². The third-order valence-corrected chi connectivity index (χ3v) is 13.6. The molecule has 4 heterocycles. The third-order valence-electron chi connectivity index (χ3n) is 13.6. The molecule has 14 heteroatoms. The van der Waals surface area contributed by atoms with Crippen LogP contribution in [0.1, 0.15) is 89.4 Å². The van der Waals surface area contributed by atoms with E-state index in [1.807, 2.05) is 43.0 Å². The zero-order valence-corrected chi connectivity index (χ0v) is 35.4. The van der Waals surface area contributed by atoms with E-state index in [1.165, 1.54) is 14.2 Å². The number of aromatic amines is 2. The summed E-state index contributed by atoms with van der Waals surface area (Å²) in [6.07, 6.45) is 8.92. The van der Waals surface area contributed by atoms with Crippen molar-refractivity contribution in [3.05, 3.63) is 84.7 Å². The Balaban J connectivity index is 0.891. The molecule has 2 aliphatic heterocycles. The number of benzene rings is 3. The lowest BCUT2D eigenvalue weighted by molar-refractivity contribution is -0.138. The van der Waals surface area contributed by atoms with E-state index in [-0.39, 0.29) is 41.3 Å². The first-order valence-corrected chi connectivity index (χ1v) is 21.5. The Morgan fingerprint density at radius 1 is 0.787 bits per heavy atom. The average Bonchev–Trinajstić information content (AvgIpc) is 3.91. The first-order valence-electron chi connectivity index (χ1n) is 21.5. The van der Waals surface area contributed by atoms with Crippen LogP contribution >= 0.6 is 0 Å². The molecule has 14 nitrogen and oxygen atoms in total. The molecule has 2 aromatic heterocycles. The van der Waals surface area contributed by atoms with E-state index in [9.17, 15) is 19.2 Å². The van der Waals surface area contributed by atoms with Crippen molar-refractivity contribution in [2.45, 2.75) is 95.9 Å². The number of nitrogens with zero attached hydrogens (tertiary/aromatic N) is 4. The number of H-pyrrole nitrogens is 2. The number of likely N-dealkylation sites (tertiary alicyclic amines) is 2. The highest BCUT2D eigenvalue weighted by molar-refractivity contribution is 5.91. The molecule has 2 saturated heterocycles. The molecule has 9 rings (SSSR count). The Kier molecular flexibility index (Phi) is 10.6. The van der Waals surface area contributed by atoms with Gasteiger partial charge in [-0.1, -0.05) is 69.3 Å². The number of ether oxygens (including phenoxy) is 2. The van der Waals surface area contributed by atoms with Gasteiger partial charge in [0.1, 0.15) is 23.7 Å². The van der Waals surface area contributed by atoms with E-state index in [0.717, 1.165) is 94.6 Å². The van der Waals surface area contributed by atoms with Gasteiger partial charge in [-0.05, 0) is 102 Å². The molecule has 4 N–H and O–H groups in total. The molecule has 61 heavy (non-hydrogen) atoms. The molecule has 4 amide bonds. The van der Waals surface area contributed by atoms with Crippen molar-refractivity contribution in [3.63, 3.8) is 0 Å². The topological polar surface area (TPSA) is 175 Å². The molecule has 2 aliphatic carbocycles. The van der Waals surface area contributed by atoms with Crippen molar-refractivity contribution >= 4 is 34.8 Å². The smallest absolute Gasteiger partial charge is 0.407 e. The average molecular weight is 827 g/mol. The molecule has 4 aliphatic rings. The molecule has 2 bridgehead atoms. The number of hydrogen-bond donors (Lipinski definition) is 4. The van der Waals surface area contributed by atoms with Crippen LogP contribution in [0.2, 0.25) is 0 Å². The van der Waals surface area contributed by atoms with Crippen molar-refractivity contribution < 1.29 is 28.7 Å². The SMILES string of the molecule is CC[C@H](NC(=O)OC)C(=O)N1C2CC[C@@H](C2)[C@H]1c1ncc(-c2ccc(-c3ccc4cc(-c5cnc([C@@H]6CC7(CC7)CN6C(=O)[C@@H](NC(=O)OC)C(C)C)[nH]5)ccc4c3)cc2)[nH]1. The number of hydrogen-bond acceptors (Lipinski definition) is 8. The number of amides is 4. The van der Waals surface area contributed by atoms with Crippen LogP contribution in [-0.2, 0) is 19.1 Å². The fraction of sp³-hybridized carbons (Fsp3) is 0.447. The first-order chi connectivity index (χ1) is 29.5. The zero-order chi connectivity index (χ0) is 42.6. The summed E-state index contributed by atoms with van der Waals surface area (Å²) in [6, 6.07) is 19.7. The maximum atomic E-state index is 13.9. The van der Waals surface area contributed by atoms with Gasteiger partial charge in [-0.25, -0.2) is 19.6 Å². The number of imidazole rings is 2. The molecule has 1 unspecified atom stereocenters. The Hall–Kier alpha value is -6.18. The minimum atomic E-state index is -0.686. The van der Waals surface area contributed by atoms with Gasteiger partial charge in [0.2, 0.25) is 11.8 Å². The van der Waals surface area contributed by atoms with Crippen molar-refractivity contribution in [2.75, 3.05) is 20.8 Å². The summed E-state index contributed by atoms with van der Waals surface area (Å²) in [5.74, 6) is 1.56. The van der Waals surface area contributed by atoms with Crippen molar-refractivity contribution in [1.82, 2.24) is 40.4 Å². The molecule has 1 spiro atoms. The maximum absolute atomic E-state index is 13.9. The minimum Gasteiger partial charge on any atom is -0.453 e. The standard InChI is InChI=1S/C47H54N8O6/c1-6-35(52-45(58)60-4)43(56)55-34-16-15-33(21-34)40(55)42-49-23-36(51-42)28-9-7-27(8-10-28)29-11-12-31-20-32(14-13-30(31)19-29)37-24-48-41(50-37)38-22-47(17-18-47)25-54(38)44(57)39(26(2)3)53-46(59)61-5/h7-14,19-20,23-24,26,33-35,38-40H,6,15-18,21-22,25H2,1-5H3,(H,48,50)(H,49,51)(H,52,58)(H,53,59)/t33-,34?,35-,38-,39-,40-/m0/s1. The summed E-state index contributed by atoms with van der Waals surface area (Å²) < 4.78 is 9.60. The van der Waals surface area contributed by atoms with Gasteiger partial charge >= 0.3 is 12.2 Å². The minimum absolute atomic E-state index is 0.0884. The lowest BCUT2D eigenvalue weighted by Gasteiger charge is -2.36. The van der Waals surface area contributed by atoms with Crippen LogP contribution in [0, 0.1) is 17.3 Å².